The Kier molecular flexibility index (Phi) is 4.89. The fraction of sp³-hybridized carbons (Fsp3) is 0.538. The molecule has 6 nitrogen and oxygen atoms in total. The highest BCUT2D eigenvalue weighted by molar-refractivity contribution is 7.89. The maximum atomic E-state index is 13.2. The van der Waals surface area contributed by atoms with Crippen LogP contribution in [-0.2, 0) is 14.8 Å². The van der Waals surface area contributed by atoms with Crippen molar-refractivity contribution in [1.82, 2.24) is 9.29 Å². The van der Waals surface area contributed by atoms with Crippen LogP contribution in [0.4, 0.5) is 4.39 Å². The van der Waals surface area contributed by atoms with Crippen molar-refractivity contribution in [2.75, 3.05) is 6.54 Å². The van der Waals surface area contributed by atoms with Gasteiger partial charge in [-0.3, -0.25) is 9.78 Å². The van der Waals surface area contributed by atoms with Crippen LogP contribution in [0, 0.1) is 5.82 Å². The van der Waals surface area contributed by atoms with Gasteiger partial charge in [0.25, 0.3) is 0 Å². The highest BCUT2D eigenvalue weighted by atomic mass is 32.2. The molecular formula is C13H17FN2O4S. The second-order valence-electron chi connectivity index (χ2n) is 5.04. The van der Waals surface area contributed by atoms with Crippen molar-refractivity contribution in [3.63, 3.8) is 0 Å². The number of rotatable bonds is 5. The topological polar surface area (TPSA) is 87.6 Å². The molecule has 1 aliphatic rings. The molecule has 0 radical (unpaired) electrons. The van der Waals surface area contributed by atoms with Crippen LogP contribution < -0.4 is 0 Å². The van der Waals surface area contributed by atoms with Crippen molar-refractivity contribution in [3.05, 3.63) is 24.3 Å². The zero-order valence-corrected chi connectivity index (χ0v) is 12.2. The van der Waals surface area contributed by atoms with E-state index in [1.807, 2.05) is 0 Å². The third kappa shape index (κ3) is 3.76. The minimum atomic E-state index is -3.84. The van der Waals surface area contributed by atoms with Crippen LogP contribution in [0.2, 0.25) is 0 Å². The summed E-state index contributed by atoms with van der Waals surface area (Å²) in [5.41, 5.74) is 0. The number of hydrogen-bond acceptors (Lipinski definition) is 4. The van der Waals surface area contributed by atoms with Crippen molar-refractivity contribution >= 4 is 16.0 Å². The average Bonchev–Trinajstić information content (AvgIpc) is 2.45. The molecule has 0 spiro atoms. The Morgan fingerprint density at radius 2 is 2.19 bits per heavy atom. The van der Waals surface area contributed by atoms with E-state index in [0.717, 1.165) is 24.9 Å². The molecule has 1 fully saturated rings. The lowest BCUT2D eigenvalue weighted by Gasteiger charge is -2.34. The zero-order valence-electron chi connectivity index (χ0n) is 11.4. The first-order valence-corrected chi connectivity index (χ1v) is 8.19. The molecule has 0 aromatic carbocycles. The molecule has 21 heavy (non-hydrogen) atoms. The van der Waals surface area contributed by atoms with Gasteiger partial charge in [0.15, 0.2) is 0 Å². The molecule has 1 saturated heterocycles. The van der Waals surface area contributed by atoms with Gasteiger partial charge in [-0.1, -0.05) is 6.42 Å². The van der Waals surface area contributed by atoms with Gasteiger partial charge in [-0.25, -0.2) is 12.8 Å². The summed E-state index contributed by atoms with van der Waals surface area (Å²) in [6.45, 7) is 0.323. The van der Waals surface area contributed by atoms with Crippen LogP contribution in [0.1, 0.15) is 32.1 Å². The zero-order chi connectivity index (χ0) is 15.5. The number of sulfonamides is 1. The molecule has 1 aromatic heterocycles. The normalized spacial score (nSPS) is 20.3. The van der Waals surface area contributed by atoms with Crippen LogP contribution in [-0.4, -0.2) is 41.4 Å². The SMILES string of the molecule is O=C(O)CCC1CCCCN1S(=O)(=O)c1cncc(F)c1. The first-order valence-electron chi connectivity index (χ1n) is 6.75. The summed E-state index contributed by atoms with van der Waals surface area (Å²) in [4.78, 5) is 14.1. The largest absolute Gasteiger partial charge is 0.481 e. The first-order chi connectivity index (χ1) is 9.91. The fourth-order valence-electron chi connectivity index (χ4n) is 2.54. The van der Waals surface area contributed by atoms with Gasteiger partial charge in [0.1, 0.15) is 10.7 Å². The van der Waals surface area contributed by atoms with Crippen molar-refractivity contribution in [3.8, 4) is 0 Å². The first kappa shape index (κ1) is 15.8. The molecule has 1 aromatic rings. The minimum Gasteiger partial charge on any atom is -0.481 e. The highest BCUT2D eigenvalue weighted by Crippen LogP contribution is 2.27. The van der Waals surface area contributed by atoms with Gasteiger partial charge >= 0.3 is 5.97 Å². The lowest BCUT2D eigenvalue weighted by atomic mass is 10.0. The quantitative estimate of drug-likeness (QED) is 0.892. The van der Waals surface area contributed by atoms with E-state index in [2.05, 4.69) is 4.98 Å². The summed E-state index contributed by atoms with van der Waals surface area (Å²) >= 11 is 0. The predicted molar refractivity (Wildman–Crippen MR) is 72.6 cm³/mol. The molecule has 1 atom stereocenters. The Balaban J connectivity index is 2.25. The van der Waals surface area contributed by atoms with Gasteiger partial charge < -0.3 is 5.11 Å². The van der Waals surface area contributed by atoms with E-state index < -0.39 is 21.8 Å². The van der Waals surface area contributed by atoms with Crippen molar-refractivity contribution < 1.29 is 22.7 Å². The summed E-state index contributed by atoms with van der Waals surface area (Å²) in [7, 11) is -3.84. The number of pyridine rings is 1. The van der Waals surface area contributed by atoms with Gasteiger partial charge in [0.2, 0.25) is 10.0 Å². The van der Waals surface area contributed by atoms with E-state index in [4.69, 9.17) is 5.11 Å². The smallest absolute Gasteiger partial charge is 0.303 e. The summed E-state index contributed by atoms with van der Waals surface area (Å²) in [5.74, 6) is -1.67. The number of aromatic nitrogens is 1. The maximum Gasteiger partial charge on any atom is 0.303 e. The van der Waals surface area contributed by atoms with E-state index in [1.54, 1.807) is 0 Å². The van der Waals surface area contributed by atoms with Gasteiger partial charge in [0, 0.05) is 25.2 Å². The van der Waals surface area contributed by atoms with Crippen LogP contribution in [0.25, 0.3) is 0 Å². The second-order valence-corrected chi connectivity index (χ2v) is 6.93. The molecule has 0 amide bonds. The molecule has 0 aliphatic carbocycles. The number of carboxylic acid groups (broad SMARTS) is 1. The third-order valence-corrected chi connectivity index (χ3v) is 5.47. The predicted octanol–water partition coefficient (Wildman–Crippen LogP) is 1.63. The fourth-order valence-corrected chi connectivity index (χ4v) is 4.24. The summed E-state index contributed by atoms with van der Waals surface area (Å²) in [6, 6.07) is 0.577. The van der Waals surface area contributed by atoms with Gasteiger partial charge in [-0.05, 0) is 25.3 Å². The average molecular weight is 316 g/mol. The van der Waals surface area contributed by atoms with Crippen LogP contribution in [0.15, 0.2) is 23.4 Å². The Morgan fingerprint density at radius 1 is 1.43 bits per heavy atom. The van der Waals surface area contributed by atoms with E-state index in [0.29, 0.717) is 19.4 Å². The van der Waals surface area contributed by atoms with Crippen LogP contribution >= 0.6 is 0 Å². The van der Waals surface area contributed by atoms with Crippen molar-refractivity contribution in [2.24, 2.45) is 0 Å². The van der Waals surface area contributed by atoms with Gasteiger partial charge in [-0.2, -0.15) is 4.31 Å². The van der Waals surface area contributed by atoms with Crippen LogP contribution in [0.3, 0.4) is 0 Å². The number of piperidine rings is 1. The number of hydrogen-bond donors (Lipinski definition) is 1. The Hall–Kier alpha value is -1.54. The molecule has 1 N–H and O–H groups in total. The molecule has 0 saturated carbocycles. The Labute approximate surface area is 122 Å². The minimum absolute atomic E-state index is 0.0852. The third-order valence-electron chi connectivity index (χ3n) is 3.55. The van der Waals surface area contributed by atoms with E-state index in [9.17, 15) is 17.6 Å². The van der Waals surface area contributed by atoms with E-state index >= 15 is 0 Å². The molecule has 2 heterocycles. The number of carboxylic acids is 1. The van der Waals surface area contributed by atoms with Crippen LogP contribution in [0.5, 0.6) is 0 Å². The number of aliphatic carboxylic acids is 1. The molecule has 8 heteroatoms. The molecule has 2 rings (SSSR count). The molecule has 116 valence electrons. The van der Waals surface area contributed by atoms with E-state index in [-0.39, 0.29) is 23.8 Å². The summed E-state index contributed by atoms with van der Waals surface area (Å²) in [6.07, 6.45) is 4.42. The van der Waals surface area contributed by atoms with Gasteiger partial charge in [-0.15, -0.1) is 0 Å². The Morgan fingerprint density at radius 3 is 2.86 bits per heavy atom. The molecule has 1 aliphatic heterocycles. The molecule has 0 bridgehead atoms. The molecule has 1 unspecified atom stereocenters. The number of nitrogens with zero attached hydrogens (tertiary/aromatic N) is 2. The maximum absolute atomic E-state index is 13.2. The second kappa shape index (κ2) is 6.48. The van der Waals surface area contributed by atoms with Crippen molar-refractivity contribution in [2.45, 2.75) is 43.0 Å². The van der Waals surface area contributed by atoms with Gasteiger partial charge in [0.05, 0.1) is 6.20 Å². The standard InChI is InChI=1S/C13H17FN2O4S/c14-10-7-12(9-15-8-10)21(19,20)16-6-2-1-3-11(16)4-5-13(17)18/h7-9,11H,1-6H2,(H,17,18). The monoisotopic (exact) mass is 316 g/mol. The highest BCUT2D eigenvalue weighted by Gasteiger charge is 2.33. The Bertz CT molecular complexity index is 620. The summed E-state index contributed by atoms with van der Waals surface area (Å²) < 4.78 is 39.6. The van der Waals surface area contributed by atoms with Crippen molar-refractivity contribution in [1.29, 1.82) is 0 Å². The number of carbonyl (C=O) groups is 1. The lowest BCUT2D eigenvalue weighted by molar-refractivity contribution is -0.137. The lowest BCUT2D eigenvalue weighted by Crippen LogP contribution is -2.43. The van der Waals surface area contributed by atoms with E-state index in [1.165, 1.54) is 4.31 Å². The summed E-state index contributed by atoms with van der Waals surface area (Å²) in [5, 5.41) is 8.76. The molecular weight excluding hydrogens is 299 g/mol. The number of halogens is 1.